The van der Waals surface area contributed by atoms with E-state index in [0.29, 0.717) is 19.0 Å². The number of hydrogen-bond donors (Lipinski definition) is 1. The molecule has 0 aliphatic rings. The van der Waals surface area contributed by atoms with Crippen molar-refractivity contribution in [1.82, 2.24) is 9.55 Å². The van der Waals surface area contributed by atoms with E-state index in [9.17, 15) is 5.11 Å². The highest BCUT2D eigenvalue weighted by molar-refractivity contribution is 5.76. The lowest BCUT2D eigenvalue weighted by Gasteiger charge is -2.15. The Morgan fingerprint density at radius 1 is 0.926 bits per heavy atom. The topological polar surface area (TPSA) is 47.3 Å². The summed E-state index contributed by atoms with van der Waals surface area (Å²) in [5.74, 6) is 1.52. The summed E-state index contributed by atoms with van der Waals surface area (Å²) < 4.78 is 8.02. The highest BCUT2D eigenvalue weighted by Gasteiger charge is 2.19. The smallest absolute Gasteiger partial charge is 0.143 e. The quantitative estimate of drug-likeness (QED) is 0.552. The van der Waals surface area contributed by atoms with E-state index in [2.05, 4.69) is 4.98 Å². The maximum Gasteiger partial charge on any atom is 0.143 e. The van der Waals surface area contributed by atoms with Crippen LogP contribution in [0.5, 0.6) is 5.75 Å². The second-order valence-corrected chi connectivity index (χ2v) is 6.54. The van der Waals surface area contributed by atoms with Gasteiger partial charge in [-0.05, 0) is 36.2 Å². The third-order valence-electron chi connectivity index (χ3n) is 4.71. The van der Waals surface area contributed by atoms with Crippen LogP contribution in [-0.4, -0.2) is 21.3 Å². The van der Waals surface area contributed by atoms with E-state index in [1.54, 1.807) is 0 Å². The fourth-order valence-electron chi connectivity index (χ4n) is 3.29. The third-order valence-corrected chi connectivity index (χ3v) is 4.71. The summed E-state index contributed by atoms with van der Waals surface area (Å²) in [6.45, 7) is 3.14. The Bertz CT molecular complexity index is 1040. The molecule has 4 rings (SSSR count). The average Bonchev–Trinajstić information content (AvgIpc) is 3.08. The summed E-state index contributed by atoms with van der Waals surface area (Å²) in [6, 6.07) is 25.5. The van der Waals surface area contributed by atoms with Gasteiger partial charge in [0, 0.05) is 0 Å². The van der Waals surface area contributed by atoms with Gasteiger partial charge in [-0.15, -0.1) is 0 Å². The number of aromatic nitrogens is 2. The van der Waals surface area contributed by atoms with Gasteiger partial charge in [0.2, 0.25) is 0 Å². The minimum absolute atomic E-state index is 0.500. The Labute approximate surface area is 158 Å². The zero-order valence-corrected chi connectivity index (χ0v) is 15.2. The molecule has 1 N–H and O–H groups in total. The van der Waals surface area contributed by atoms with Gasteiger partial charge in [-0.3, -0.25) is 0 Å². The minimum atomic E-state index is -0.780. The van der Waals surface area contributed by atoms with Crippen LogP contribution >= 0.6 is 0 Å². The predicted octanol–water partition coefficient (Wildman–Crippen LogP) is 4.51. The zero-order valence-electron chi connectivity index (χ0n) is 15.2. The van der Waals surface area contributed by atoms with Crippen molar-refractivity contribution in [3.63, 3.8) is 0 Å². The summed E-state index contributed by atoms with van der Waals surface area (Å²) in [7, 11) is 0. The zero-order chi connectivity index (χ0) is 18.6. The molecule has 136 valence electrons. The van der Waals surface area contributed by atoms with Crippen molar-refractivity contribution in [2.45, 2.75) is 19.6 Å². The van der Waals surface area contributed by atoms with Crippen molar-refractivity contribution in [2.24, 2.45) is 0 Å². The van der Waals surface area contributed by atoms with E-state index in [-0.39, 0.29) is 0 Å². The number of ether oxygens (including phenoxy) is 1. The van der Waals surface area contributed by atoms with Gasteiger partial charge in [-0.25, -0.2) is 4.98 Å². The Kier molecular flexibility index (Phi) is 4.90. The van der Waals surface area contributed by atoms with Gasteiger partial charge >= 0.3 is 0 Å². The van der Waals surface area contributed by atoms with Crippen LogP contribution in [0.4, 0.5) is 0 Å². The lowest BCUT2D eigenvalue weighted by atomic mass is 10.1. The normalized spacial score (nSPS) is 12.2. The molecule has 0 unspecified atom stereocenters. The Balaban J connectivity index is 1.63. The van der Waals surface area contributed by atoms with Crippen LogP contribution in [0.2, 0.25) is 0 Å². The van der Waals surface area contributed by atoms with E-state index < -0.39 is 6.10 Å². The summed E-state index contributed by atoms with van der Waals surface area (Å²) in [6.07, 6.45) is -0.780. The van der Waals surface area contributed by atoms with Crippen LogP contribution in [0.15, 0.2) is 78.9 Å². The van der Waals surface area contributed by atoms with E-state index in [4.69, 9.17) is 4.74 Å². The number of fused-ring (bicyclic) bond motifs is 1. The molecule has 0 spiro atoms. The molecule has 3 aromatic carbocycles. The molecule has 0 saturated carbocycles. The van der Waals surface area contributed by atoms with Gasteiger partial charge in [0.25, 0.3) is 0 Å². The number of rotatable bonds is 6. The van der Waals surface area contributed by atoms with Crippen molar-refractivity contribution in [2.75, 3.05) is 6.61 Å². The first-order chi connectivity index (χ1) is 13.2. The molecular weight excluding hydrogens is 336 g/mol. The number of para-hydroxylation sites is 3. The van der Waals surface area contributed by atoms with Crippen molar-refractivity contribution in [3.8, 4) is 5.75 Å². The molecule has 4 nitrogen and oxygen atoms in total. The molecule has 1 aromatic heterocycles. The van der Waals surface area contributed by atoms with E-state index in [1.807, 2.05) is 90.4 Å². The van der Waals surface area contributed by atoms with E-state index in [0.717, 1.165) is 27.9 Å². The van der Waals surface area contributed by atoms with Gasteiger partial charge in [0.05, 0.1) is 17.6 Å². The Morgan fingerprint density at radius 3 is 2.44 bits per heavy atom. The van der Waals surface area contributed by atoms with E-state index >= 15 is 0 Å². The fraction of sp³-hybridized carbons (Fsp3) is 0.174. The molecule has 1 heterocycles. The predicted molar refractivity (Wildman–Crippen MR) is 107 cm³/mol. The van der Waals surface area contributed by atoms with Gasteiger partial charge in [-0.2, -0.15) is 0 Å². The Morgan fingerprint density at radius 2 is 1.63 bits per heavy atom. The lowest BCUT2D eigenvalue weighted by molar-refractivity contribution is 0.201. The molecule has 0 aliphatic heterocycles. The van der Waals surface area contributed by atoms with Gasteiger partial charge < -0.3 is 14.4 Å². The highest BCUT2D eigenvalue weighted by atomic mass is 16.5. The minimum Gasteiger partial charge on any atom is -0.491 e. The highest BCUT2D eigenvalue weighted by Crippen LogP contribution is 2.26. The van der Waals surface area contributed by atoms with Crippen molar-refractivity contribution < 1.29 is 9.84 Å². The molecule has 0 radical (unpaired) electrons. The average molecular weight is 358 g/mol. The van der Waals surface area contributed by atoms with Crippen LogP contribution in [0.1, 0.15) is 23.1 Å². The number of imidazole rings is 1. The molecule has 0 aliphatic carbocycles. The standard InChI is InChI=1S/C23H22N2O2/c1-17-9-5-8-14-21(17)27-16-15-25-20-13-7-6-12-19(20)24-23(25)22(26)18-10-3-2-4-11-18/h2-14,22,26H,15-16H2,1H3/t22-/m0/s1. The molecule has 0 fully saturated rings. The Hall–Kier alpha value is -3.11. The molecule has 4 aromatic rings. The number of aliphatic hydroxyl groups excluding tert-OH is 1. The lowest BCUT2D eigenvalue weighted by Crippen LogP contribution is -2.14. The molecule has 1 atom stereocenters. The molecule has 0 amide bonds. The monoisotopic (exact) mass is 358 g/mol. The number of aryl methyl sites for hydroxylation is 1. The van der Waals surface area contributed by atoms with Crippen molar-refractivity contribution >= 4 is 11.0 Å². The summed E-state index contributed by atoms with van der Waals surface area (Å²) in [5, 5.41) is 10.9. The number of nitrogens with zero attached hydrogens (tertiary/aromatic N) is 2. The van der Waals surface area contributed by atoms with Crippen molar-refractivity contribution in [1.29, 1.82) is 0 Å². The van der Waals surface area contributed by atoms with E-state index in [1.165, 1.54) is 0 Å². The second-order valence-electron chi connectivity index (χ2n) is 6.54. The maximum absolute atomic E-state index is 10.9. The van der Waals surface area contributed by atoms with Gasteiger partial charge in [0.15, 0.2) is 0 Å². The molecule has 0 bridgehead atoms. The molecule has 4 heteroatoms. The van der Waals surface area contributed by atoms with Crippen LogP contribution in [0, 0.1) is 6.92 Å². The number of hydrogen-bond acceptors (Lipinski definition) is 3. The second kappa shape index (κ2) is 7.64. The molecular formula is C23H22N2O2. The maximum atomic E-state index is 10.9. The molecule has 27 heavy (non-hydrogen) atoms. The molecule has 0 saturated heterocycles. The van der Waals surface area contributed by atoms with Crippen LogP contribution in [-0.2, 0) is 6.54 Å². The van der Waals surface area contributed by atoms with Gasteiger partial charge in [0.1, 0.15) is 24.3 Å². The third kappa shape index (κ3) is 3.57. The SMILES string of the molecule is Cc1ccccc1OCCn1c([C@@H](O)c2ccccc2)nc2ccccc21. The number of aliphatic hydroxyl groups is 1. The summed E-state index contributed by atoms with van der Waals surface area (Å²) >= 11 is 0. The van der Waals surface area contributed by atoms with Crippen LogP contribution in [0.3, 0.4) is 0 Å². The summed E-state index contributed by atoms with van der Waals surface area (Å²) in [4.78, 5) is 4.69. The fourth-order valence-corrected chi connectivity index (χ4v) is 3.29. The van der Waals surface area contributed by atoms with Crippen LogP contribution < -0.4 is 4.74 Å². The number of benzene rings is 3. The first-order valence-corrected chi connectivity index (χ1v) is 9.10. The van der Waals surface area contributed by atoms with Crippen molar-refractivity contribution in [3.05, 3.63) is 95.8 Å². The first kappa shape index (κ1) is 17.3. The van der Waals surface area contributed by atoms with Crippen LogP contribution in [0.25, 0.3) is 11.0 Å². The largest absolute Gasteiger partial charge is 0.491 e. The first-order valence-electron chi connectivity index (χ1n) is 9.10. The van der Waals surface area contributed by atoms with Gasteiger partial charge in [-0.1, -0.05) is 60.7 Å². The summed E-state index contributed by atoms with van der Waals surface area (Å²) in [5.41, 5.74) is 3.81.